The third-order valence-electron chi connectivity index (χ3n) is 5.09. The minimum atomic E-state index is -1.64. The fourth-order valence-electron chi connectivity index (χ4n) is 3.41. The van der Waals surface area contributed by atoms with Gasteiger partial charge >= 0.3 is 0 Å². The molecule has 0 amide bonds. The van der Waals surface area contributed by atoms with E-state index in [0.717, 1.165) is 19.5 Å². The Hall–Kier alpha value is -1.82. The van der Waals surface area contributed by atoms with E-state index in [1.54, 1.807) is 23.0 Å². The molecule has 4 rings (SSSR count). The molecule has 1 aliphatic heterocycles. The van der Waals surface area contributed by atoms with E-state index in [4.69, 9.17) is 23.2 Å². The Morgan fingerprint density at radius 2 is 2.16 bits per heavy atom. The third-order valence-corrected chi connectivity index (χ3v) is 7.41. The van der Waals surface area contributed by atoms with Gasteiger partial charge in [0.05, 0.1) is 21.9 Å². The first-order valence-electron chi connectivity index (χ1n) is 9.80. The molecule has 0 radical (unpaired) electrons. The summed E-state index contributed by atoms with van der Waals surface area (Å²) >= 11 is 12.3. The second-order valence-corrected chi connectivity index (χ2v) is 10.1. The van der Waals surface area contributed by atoms with Crippen molar-refractivity contribution in [1.82, 2.24) is 15.3 Å². The van der Waals surface area contributed by atoms with Gasteiger partial charge in [-0.25, -0.2) is 14.4 Å². The summed E-state index contributed by atoms with van der Waals surface area (Å²) in [4.78, 5) is 10.7. The predicted octanol–water partition coefficient (Wildman–Crippen LogP) is 4.70. The Labute approximate surface area is 202 Å². The first kappa shape index (κ1) is 23.3. The number of hydrogen-bond donors (Lipinski definition) is 3. The normalized spacial score (nSPS) is 16.9. The number of likely N-dealkylation sites (N-methyl/N-ethyl adjacent to an activating group) is 1. The number of aromatic nitrogens is 2. The number of hydrogen-bond acceptors (Lipinski definition) is 8. The van der Waals surface area contributed by atoms with Crippen LogP contribution in [-0.2, 0) is 11.2 Å². The third kappa shape index (κ3) is 5.38. The molecular weight excluding hydrogens is 494 g/mol. The molecular formula is C20H21Cl2FN6OS2. The van der Waals surface area contributed by atoms with Crippen molar-refractivity contribution in [2.75, 3.05) is 41.5 Å². The van der Waals surface area contributed by atoms with Gasteiger partial charge in [0, 0.05) is 47.8 Å². The van der Waals surface area contributed by atoms with E-state index in [-0.39, 0.29) is 15.8 Å². The summed E-state index contributed by atoms with van der Waals surface area (Å²) in [5.74, 6) is 0.678. The monoisotopic (exact) mass is 514 g/mol. The van der Waals surface area contributed by atoms with Crippen molar-refractivity contribution < 1.29 is 8.94 Å². The van der Waals surface area contributed by atoms with Crippen LogP contribution in [0.2, 0.25) is 10.2 Å². The van der Waals surface area contributed by atoms with Gasteiger partial charge in [-0.3, -0.25) is 0 Å². The van der Waals surface area contributed by atoms with Gasteiger partial charge in [-0.15, -0.1) is 11.3 Å². The number of rotatable bonds is 8. The zero-order chi connectivity index (χ0) is 22.7. The largest absolute Gasteiger partial charge is 0.610 e. The van der Waals surface area contributed by atoms with E-state index in [9.17, 15) is 8.94 Å². The molecule has 0 aliphatic carbocycles. The zero-order valence-electron chi connectivity index (χ0n) is 17.1. The summed E-state index contributed by atoms with van der Waals surface area (Å²) in [6.45, 7) is 1.60. The van der Waals surface area contributed by atoms with Crippen LogP contribution in [0.4, 0.5) is 27.4 Å². The molecule has 7 nitrogen and oxygen atoms in total. The van der Waals surface area contributed by atoms with E-state index in [2.05, 4.69) is 30.8 Å². The Morgan fingerprint density at radius 1 is 1.31 bits per heavy atom. The van der Waals surface area contributed by atoms with Crippen LogP contribution in [0.5, 0.6) is 0 Å². The summed E-state index contributed by atoms with van der Waals surface area (Å²) in [5.41, 5.74) is 2.67. The lowest BCUT2D eigenvalue weighted by Gasteiger charge is -2.22. The highest BCUT2D eigenvalue weighted by atomic mass is 35.5. The fraction of sp³-hybridized carbons (Fsp3) is 0.300. The zero-order valence-corrected chi connectivity index (χ0v) is 20.2. The van der Waals surface area contributed by atoms with Crippen molar-refractivity contribution in [1.29, 1.82) is 0 Å². The van der Waals surface area contributed by atoms with Crippen molar-refractivity contribution in [2.45, 2.75) is 17.4 Å². The van der Waals surface area contributed by atoms with Crippen LogP contribution in [0.15, 0.2) is 40.1 Å². The van der Waals surface area contributed by atoms with Gasteiger partial charge in [0.1, 0.15) is 11.0 Å². The van der Waals surface area contributed by atoms with E-state index >= 15 is 0 Å². The molecule has 12 heteroatoms. The first-order valence-corrected chi connectivity index (χ1v) is 12.8. The molecule has 1 fully saturated rings. The molecule has 170 valence electrons. The number of nitrogens with one attached hydrogen (secondary N) is 3. The van der Waals surface area contributed by atoms with Gasteiger partial charge in [0.15, 0.2) is 22.4 Å². The molecule has 3 heterocycles. The van der Waals surface area contributed by atoms with Gasteiger partial charge in [-0.05, 0) is 25.6 Å². The SMILES string of the molecule is CNC1CCN(c2nc(Cl)ccc2Nc2cc(F)c([S+]([O-])CNc3cscn3)cc2Cl)C1. The van der Waals surface area contributed by atoms with Crippen molar-refractivity contribution >= 4 is 68.7 Å². The van der Waals surface area contributed by atoms with Crippen LogP contribution in [0.3, 0.4) is 0 Å². The Balaban J connectivity index is 1.53. The van der Waals surface area contributed by atoms with Crippen LogP contribution in [0.1, 0.15) is 6.42 Å². The van der Waals surface area contributed by atoms with Gasteiger partial charge < -0.3 is 25.4 Å². The minimum absolute atomic E-state index is 0.0224. The van der Waals surface area contributed by atoms with Crippen molar-refractivity contribution in [2.24, 2.45) is 0 Å². The van der Waals surface area contributed by atoms with Crippen molar-refractivity contribution in [3.63, 3.8) is 0 Å². The predicted molar refractivity (Wildman–Crippen MR) is 131 cm³/mol. The van der Waals surface area contributed by atoms with Gasteiger partial charge in [-0.1, -0.05) is 23.2 Å². The molecule has 1 saturated heterocycles. The molecule has 3 aromatic rings. The quantitative estimate of drug-likeness (QED) is 0.296. The molecule has 2 aromatic heterocycles. The van der Waals surface area contributed by atoms with Crippen LogP contribution in [0.25, 0.3) is 0 Å². The highest BCUT2D eigenvalue weighted by Crippen LogP contribution is 2.35. The molecule has 2 atom stereocenters. The van der Waals surface area contributed by atoms with E-state index < -0.39 is 17.0 Å². The Morgan fingerprint density at radius 3 is 2.88 bits per heavy atom. The summed E-state index contributed by atoms with van der Waals surface area (Å²) < 4.78 is 27.4. The first-order chi connectivity index (χ1) is 15.4. The maximum atomic E-state index is 14.8. The van der Waals surface area contributed by atoms with Gasteiger partial charge in [0.2, 0.25) is 0 Å². The highest BCUT2D eigenvalue weighted by molar-refractivity contribution is 7.91. The fourth-order valence-corrected chi connectivity index (χ4v) is 5.30. The second-order valence-electron chi connectivity index (χ2n) is 7.15. The molecule has 3 N–H and O–H groups in total. The average molecular weight is 515 g/mol. The maximum Gasteiger partial charge on any atom is 0.191 e. The molecule has 1 aromatic carbocycles. The summed E-state index contributed by atoms with van der Waals surface area (Å²) in [6.07, 6.45) is 0.981. The van der Waals surface area contributed by atoms with E-state index in [1.165, 1.54) is 23.5 Å². The van der Waals surface area contributed by atoms with Crippen LogP contribution < -0.4 is 20.9 Å². The summed E-state index contributed by atoms with van der Waals surface area (Å²) in [7, 11) is 1.93. The second kappa shape index (κ2) is 10.4. The lowest BCUT2D eigenvalue weighted by molar-refractivity contribution is 0.567. The van der Waals surface area contributed by atoms with Gasteiger partial charge in [0.25, 0.3) is 0 Å². The standard InChI is InChI=1S/C20H21Cl2FN6OS2/c1-24-12-4-5-29(8-12)20-15(2-3-18(22)28-20)27-16-7-14(23)17(6-13(16)21)32(30)11-26-19-9-31-10-25-19/h2-3,6-7,9-10,12,24,26-27H,4-5,8,11H2,1H3. The highest BCUT2D eigenvalue weighted by Gasteiger charge is 2.25. The molecule has 0 bridgehead atoms. The molecule has 32 heavy (non-hydrogen) atoms. The Kier molecular flexibility index (Phi) is 7.59. The summed E-state index contributed by atoms with van der Waals surface area (Å²) in [5, 5.41) is 11.7. The van der Waals surface area contributed by atoms with Crippen molar-refractivity contribution in [3.8, 4) is 0 Å². The summed E-state index contributed by atoms with van der Waals surface area (Å²) in [6, 6.07) is 6.44. The number of nitrogens with zero attached hydrogens (tertiary/aromatic N) is 3. The lowest BCUT2D eigenvalue weighted by Crippen LogP contribution is -2.30. The lowest BCUT2D eigenvalue weighted by atomic mass is 10.2. The smallest absolute Gasteiger partial charge is 0.191 e. The van der Waals surface area contributed by atoms with Gasteiger partial charge in [-0.2, -0.15) is 0 Å². The number of pyridine rings is 1. The van der Waals surface area contributed by atoms with E-state index in [0.29, 0.717) is 34.2 Å². The Bertz CT molecular complexity index is 1070. The van der Waals surface area contributed by atoms with Crippen LogP contribution >= 0.6 is 34.5 Å². The minimum Gasteiger partial charge on any atom is -0.610 e. The maximum absolute atomic E-state index is 14.8. The number of thiazole rings is 1. The number of benzene rings is 1. The van der Waals surface area contributed by atoms with Crippen molar-refractivity contribution in [3.05, 3.63) is 51.1 Å². The topological polar surface area (TPSA) is 88.2 Å². The number of halogens is 3. The van der Waals surface area contributed by atoms with Crippen LogP contribution in [-0.4, -0.2) is 46.6 Å². The molecule has 2 unspecified atom stereocenters. The van der Waals surface area contributed by atoms with E-state index in [1.807, 2.05) is 7.05 Å². The average Bonchev–Trinajstić information content (AvgIpc) is 3.47. The molecule has 0 saturated carbocycles. The number of anilines is 4. The van der Waals surface area contributed by atoms with Crippen LogP contribution in [0, 0.1) is 5.82 Å². The molecule has 0 spiro atoms. The molecule has 1 aliphatic rings.